The standard InChI is InChI=1S/C19H16.C13H10/c1-13-5-4-8-17-15(13)11-12-18-16-7-3-2-6-14(16)9-10-19(17)18;1-3-7-12-10(5-1)9-11-6-2-4-8-13(11)12/h2-3,6-7,9-12H,1,4-5,8H2;1-8H,9H2. The van der Waals surface area contributed by atoms with Gasteiger partial charge in [0.25, 0.3) is 0 Å². The number of hydrogen-bond donors (Lipinski definition) is 0. The molecule has 5 aromatic carbocycles. The van der Waals surface area contributed by atoms with Crippen molar-refractivity contribution < 1.29 is 0 Å². The highest BCUT2D eigenvalue weighted by molar-refractivity contribution is 6.09. The molecule has 32 heavy (non-hydrogen) atoms. The summed E-state index contributed by atoms with van der Waals surface area (Å²) in [5.41, 5.74) is 9.94. The van der Waals surface area contributed by atoms with Crippen molar-refractivity contribution >= 4 is 27.1 Å². The Balaban J connectivity index is 0.000000131. The summed E-state index contributed by atoms with van der Waals surface area (Å²) in [5, 5.41) is 5.48. The fraction of sp³-hybridized carbons (Fsp3) is 0.125. The minimum atomic E-state index is 1.10. The third-order valence-corrected chi connectivity index (χ3v) is 7.03. The molecule has 0 heteroatoms. The molecule has 0 unspecified atom stereocenters. The molecule has 0 aromatic heterocycles. The van der Waals surface area contributed by atoms with Crippen molar-refractivity contribution in [3.05, 3.63) is 126 Å². The van der Waals surface area contributed by atoms with Gasteiger partial charge in [0.05, 0.1) is 0 Å². The molecule has 0 nitrogen and oxygen atoms in total. The predicted molar refractivity (Wildman–Crippen MR) is 138 cm³/mol. The van der Waals surface area contributed by atoms with Crippen LogP contribution in [-0.2, 0) is 12.8 Å². The topological polar surface area (TPSA) is 0 Å². The van der Waals surface area contributed by atoms with Crippen LogP contribution in [0, 0.1) is 0 Å². The van der Waals surface area contributed by atoms with E-state index in [2.05, 4.69) is 104 Å². The number of allylic oxidation sites excluding steroid dienone is 1. The van der Waals surface area contributed by atoms with Gasteiger partial charge in [-0.25, -0.2) is 0 Å². The van der Waals surface area contributed by atoms with E-state index in [0.717, 1.165) is 12.8 Å². The highest BCUT2D eigenvalue weighted by Crippen LogP contribution is 2.37. The van der Waals surface area contributed by atoms with Gasteiger partial charge in [0.2, 0.25) is 0 Å². The summed E-state index contributed by atoms with van der Waals surface area (Å²) < 4.78 is 0. The van der Waals surface area contributed by atoms with E-state index in [1.807, 2.05) is 0 Å². The minimum absolute atomic E-state index is 1.10. The Morgan fingerprint density at radius 1 is 0.500 bits per heavy atom. The number of benzene rings is 5. The Bertz CT molecular complexity index is 1440. The summed E-state index contributed by atoms with van der Waals surface area (Å²) in [6, 6.07) is 35.0. The Morgan fingerprint density at radius 2 is 1.16 bits per heavy atom. The summed E-state index contributed by atoms with van der Waals surface area (Å²) >= 11 is 0. The smallest absolute Gasteiger partial charge is 0.00135 e. The van der Waals surface area contributed by atoms with Crippen molar-refractivity contribution in [2.45, 2.75) is 25.7 Å². The Labute approximate surface area is 189 Å². The van der Waals surface area contributed by atoms with E-state index in [0.29, 0.717) is 0 Å². The van der Waals surface area contributed by atoms with Crippen LogP contribution in [-0.4, -0.2) is 0 Å². The van der Waals surface area contributed by atoms with Gasteiger partial charge in [0, 0.05) is 0 Å². The van der Waals surface area contributed by atoms with E-state index in [4.69, 9.17) is 0 Å². The van der Waals surface area contributed by atoms with E-state index in [9.17, 15) is 0 Å². The lowest BCUT2D eigenvalue weighted by Gasteiger charge is -2.20. The van der Waals surface area contributed by atoms with E-state index in [-0.39, 0.29) is 0 Å². The van der Waals surface area contributed by atoms with E-state index < -0.39 is 0 Å². The summed E-state index contributed by atoms with van der Waals surface area (Å²) in [7, 11) is 0. The summed E-state index contributed by atoms with van der Waals surface area (Å²) in [4.78, 5) is 0. The van der Waals surface area contributed by atoms with Crippen molar-refractivity contribution in [2.24, 2.45) is 0 Å². The molecule has 0 fully saturated rings. The first-order chi connectivity index (χ1) is 15.8. The van der Waals surface area contributed by atoms with Crippen molar-refractivity contribution in [1.29, 1.82) is 0 Å². The lowest BCUT2D eigenvalue weighted by Crippen LogP contribution is -2.01. The maximum Gasteiger partial charge on any atom is -0.00135 e. The fourth-order valence-corrected chi connectivity index (χ4v) is 5.44. The average molecular weight is 411 g/mol. The van der Waals surface area contributed by atoms with Crippen molar-refractivity contribution in [3.8, 4) is 11.1 Å². The molecule has 0 saturated heterocycles. The van der Waals surface area contributed by atoms with Crippen molar-refractivity contribution in [1.82, 2.24) is 0 Å². The molecular weight excluding hydrogens is 384 g/mol. The zero-order valence-electron chi connectivity index (χ0n) is 18.3. The van der Waals surface area contributed by atoms with E-state index >= 15 is 0 Å². The molecule has 5 aromatic rings. The molecule has 2 aliphatic rings. The molecule has 0 atom stereocenters. The van der Waals surface area contributed by atoms with Crippen LogP contribution in [0.5, 0.6) is 0 Å². The van der Waals surface area contributed by atoms with E-state index in [1.165, 1.54) is 73.3 Å². The fourth-order valence-electron chi connectivity index (χ4n) is 5.44. The largest absolute Gasteiger partial charge is 0.0952 e. The van der Waals surface area contributed by atoms with Crippen LogP contribution in [0.25, 0.3) is 38.2 Å². The van der Waals surface area contributed by atoms with Gasteiger partial charge in [-0.2, -0.15) is 0 Å². The van der Waals surface area contributed by atoms with Gasteiger partial charge in [0.1, 0.15) is 0 Å². The van der Waals surface area contributed by atoms with Crippen LogP contribution < -0.4 is 0 Å². The van der Waals surface area contributed by atoms with Crippen molar-refractivity contribution in [2.75, 3.05) is 0 Å². The van der Waals surface area contributed by atoms with Crippen LogP contribution in [0.1, 0.15) is 35.1 Å². The molecule has 154 valence electrons. The molecule has 0 aliphatic heterocycles. The maximum atomic E-state index is 4.22. The maximum absolute atomic E-state index is 4.22. The molecule has 0 N–H and O–H groups in total. The lowest BCUT2D eigenvalue weighted by atomic mass is 9.84. The molecule has 0 bridgehead atoms. The molecule has 2 aliphatic carbocycles. The summed E-state index contributed by atoms with van der Waals surface area (Å²) in [6.07, 6.45) is 4.67. The molecular formula is C32H26. The van der Waals surface area contributed by atoms with Crippen LogP contribution in [0.4, 0.5) is 0 Å². The zero-order valence-corrected chi connectivity index (χ0v) is 18.3. The molecule has 0 amide bonds. The number of rotatable bonds is 0. The first kappa shape index (κ1) is 19.1. The predicted octanol–water partition coefficient (Wildman–Crippen LogP) is 8.60. The third kappa shape index (κ3) is 3.15. The van der Waals surface area contributed by atoms with Crippen LogP contribution in [0.3, 0.4) is 0 Å². The van der Waals surface area contributed by atoms with Gasteiger partial charge >= 0.3 is 0 Å². The zero-order chi connectivity index (χ0) is 21.5. The molecule has 7 rings (SSSR count). The Morgan fingerprint density at radius 3 is 1.94 bits per heavy atom. The second-order valence-electron chi connectivity index (χ2n) is 8.92. The SMILES string of the molecule is C=C1CCCc2c1ccc1c2ccc2ccccc21.c1ccc2c(c1)Cc1ccccc1-2. The van der Waals surface area contributed by atoms with Gasteiger partial charge < -0.3 is 0 Å². The number of hydrogen-bond acceptors (Lipinski definition) is 0. The Kier molecular flexibility index (Phi) is 4.65. The molecule has 0 heterocycles. The van der Waals surface area contributed by atoms with Gasteiger partial charge in [-0.3, -0.25) is 0 Å². The molecule has 0 spiro atoms. The van der Waals surface area contributed by atoms with Gasteiger partial charge in [-0.05, 0) is 86.2 Å². The number of aryl methyl sites for hydroxylation is 1. The average Bonchev–Trinajstić information content (AvgIpc) is 3.23. The molecule has 0 saturated carbocycles. The van der Waals surface area contributed by atoms with Crippen LogP contribution in [0.15, 0.2) is 104 Å². The lowest BCUT2D eigenvalue weighted by molar-refractivity contribution is 0.830. The summed E-state index contributed by atoms with van der Waals surface area (Å²) in [5.74, 6) is 0. The van der Waals surface area contributed by atoms with Gasteiger partial charge in [-0.1, -0.05) is 104 Å². The third-order valence-electron chi connectivity index (χ3n) is 7.03. The normalized spacial score (nSPS) is 13.8. The van der Waals surface area contributed by atoms with E-state index in [1.54, 1.807) is 0 Å². The van der Waals surface area contributed by atoms with Crippen molar-refractivity contribution in [3.63, 3.8) is 0 Å². The summed E-state index contributed by atoms with van der Waals surface area (Å²) in [6.45, 7) is 4.22. The first-order valence-corrected chi connectivity index (χ1v) is 11.6. The van der Waals surface area contributed by atoms with Crippen LogP contribution >= 0.6 is 0 Å². The highest BCUT2D eigenvalue weighted by Gasteiger charge is 2.16. The van der Waals surface area contributed by atoms with Gasteiger partial charge in [0.15, 0.2) is 0 Å². The second kappa shape index (κ2) is 7.80. The first-order valence-electron chi connectivity index (χ1n) is 11.6. The number of fused-ring (bicyclic) bond motifs is 8. The monoisotopic (exact) mass is 410 g/mol. The van der Waals surface area contributed by atoms with Crippen LogP contribution in [0.2, 0.25) is 0 Å². The Hall–Kier alpha value is -3.64. The quantitative estimate of drug-likeness (QED) is 0.220. The minimum Gasteiger partial charge on any atom is -0.0952 e. The highest BCUT2D eigenvalue weighted by atomic mass is 14.2. The van der Waals surface area contributed by atoms with Gasteiger partial charge in [-0.15, -0.1) is 0 Å². The second-order valence-corrected chi connectivity index (χ2v) is 8.92. The molecule has 0 radical (unpaired) electrons.